The Hall–Kier alpha value is -1.04. The van der Waals surface area contributed by atoms with Crippen LogP contribution in [-0.4, -0.2) is 42.7 Å². The van der Waals surface area contributed by atoms with Crippen LogP contribution >= 0.6 is 0 Å². The average molecular weight is 288 g/mol. The van der Waals surface area contributed by atoms with E-state index in [4.69, 9.17) is 0 Å². The standard InChI is InChI=1S/C14H19F3N2O/c15-14(16,17)10-4-6-19(7-5-10)13(20)12-11-3-1-2-9(11)8-18-12/h4,9,11-12,18H,1-3,5-8H2. The minimum atomic E-state index is -4.25. The number of rotatable bonds is 1. The summed E-state index contributed by atoms with van der Waals surface area (Å²) < 4.78 is 37.7. The van der Waals surface area contributed by atoms with Crippen molar-refractivity contribution < 1.29 is 18.0 Å². The molecule has 6 heteroatoms. The summed E-state index contributed by atoms with van der Waals surface area (Å²) in [6.45, 7) is 1.14. The Morgan fingerprint density at radius 1 is 1.35 bits per heavy atom. The van der Waals surface area contributed by atoms with E-state index < -0.39 is 11.7 Å². The van der Waals surface area contributed by atoms with Crippen LogP contribution in [0.25, 0.3) is 0 Å². The van der Waals surface area contributed by atoms with Gasteiger partial charge in [-0.1, -0.05) is 12.5 Å². The van der Waals surface area contributed by atoms with E-state index >= 15 is 0 Å². The molecule has 1 aliphatic carbocycles. The van der Waals surface area contributed by atoms with Crippen LogP contribution in [-0.2, 0) is 4.79 Å². The van der Waals surface area contributed by atoms with Crippen LogP contribution < -0.4 is 5.32 Å². The van der Waals surface area contributed by atoms with Crippen molar-refractivity contribution in [3.05, 3.63) is 11.6 Å². The predicted octanol–water partition coefficient (Wildman–Crippen LogP) is 2.10. The summed E-state index contributed by atoms with van der Waals surface area (Å²) in [5.74, 6) is 0.947. The molecule has 0 aromatic rings. The zero-order valence-electron chi connectivity index (χ0n) is 11.2. The molecule has 3 unspecified atom stereocenters. The highest BCUT2D eigenvalue weighted by Gasteiger charge is 2.44. The largest absolute Gasteiger partial charge is 0.412 e. The number of amides is 1. The third-order valence-corrected chi connectivity index (χ3v) is 4.90. The molecule has 3 aliphatic rings. The summed E-state index contributed by atoms with van der Waals surface area (Å²) in [5, 5.41) is 3.26. The lowest BCUT2D eigenvalue weighted by atomic mass is 9.93. The summed E-state index contributed by atoms with van der Waals surface area (Å²) in [7, 11) is 0. The van der Waals surface area contributed by atoms with Gasteiger partial charge in [-0.3, -0.25) is 4.79 Å². The molecule has 3 atom stereocenters. The van der Waals surface area contributed by atoms with Crippen molar-refractivity contribution >= 4 is 5.91 Å². The van der Waals surface area contributed by atoms with E-state index in [0.29, 0.717) is 11.8 Å². The molecule has 0 bridgehead atoms. The maximum Gasteiger partial charge on any atom is 0.412 e. The van der Waals surface area contributed by atoms with Crippen LogP contribution in [0.3, 0.4) is 0 Å². The Morgan fingerprint density at radius 2 is 2.15 bits per heavy atom. The number of halogens is 3. The Bertz CT molecular complexity index is 433. The van der Waals surface area contributed by atoms with E-state index in [1.807, 2.05) is 0 Å². The van der Waals surface area contributed by atoms with Crippen LogP contribution in [0.1, 0.15) is 25.7 Å². The third-order valence-electron chi connectivity index (χ3n) is 4.90. The van der Waals surface area contributed by atoms with Crippen LogP contribution in [0.4, 0.5) is 13.2 Å². The maximum absolute atomic E-state index is 12.6. The molecule has 2 fully saturated rings. The minimum Gasteiger partial charge on any atom is -0.337 e. The van der Waals surface area contributed by atoms with Gasteiger partial charge in [0, 0.05) is 18.7 Å². The topological polar surface area (TPSA) is 32.3 Å². The Labute approximate surface area is 116 Å². The highest BCUT2D eigenvalue weighted by atomic mass is 19.4. The van der Waals surface area contributed by atoms with E-state index in [1.165, 1.54) is 12.8 Å². The molecular weight excluding hydrogens is 269 g/mol. The molecule has 3 rings (SSSR count). The molecule has 2 aliphatic heterocycles. The van der Waals surface area contributed by atoms with Gasteiger partial charge >= 0.3 is 6.18 Å². The fraction of sp³-hybridized carbons (Fsp3) is 0.786. The summed E-state index contributed by atoms with van der Waals surface area (Å²) in [4.78, 5) is 14.0. The lowest BCUT2D eigenvalue weighted by Gasteiger charge is -2.31. The van der Waals surface area contributed by atoms with Crippen LogP contribution in [0.15, 0.2) is 11.6 Å². The van der Waals surface area contributed by atoms with Gasteiger partial charge in [-0.2, -0.15) is 13.2 Å². The zero-order valence-corrected chi connectivity index (χ0v) is 11.2. The van der Waals surface area contributed by atoms with E-state index in [-0.39, 0.29) is 31.5 Å². The highest BCUT2D eigenvalue weighted by Crippen LogP contribution is 2.38. The number of nitrogens with zero attached hydrogens (tertiary/aromatic N) is 1. The molecule has 3 nitrogen and oxygen atoms in total. The summed E-state index contributed by atoms with van der Waals surface area (Å²) in [6.07, 6.45) is 0.208. The number of hydrogen-bond donors (Lipinski definition) is 1. The Kier molecular flexibility index (Phi) is 3.52. The van der Waals surface area contributed by atoms with Crippen molar-refractivity contribution in [2.24, 2.45) is 11.8 Å². The van der Waals surface area contributed by atoms with Crippen molar-refractivity contribution in [1.29, 1.82) is 0 Å². The molecule has 0 radical (unpaired) electrons. The number of fused-ring (bicyclic) bond motifs is 1. The normalized spacial score (nSPS) is 34.0. The Morgan fingerprint density at radius 3 is 2.80 bits per heavy atom. The lowest BCUT2D eigenvalue weighted by Crippen LogP contribution is -2.48. The van der Waals surface area contributed by atoms with Crippen LogP contribution in [0.2, 0.25) is 0 Å². The predicted molar refractivity (Wildman–Crippen MR) is 68.0 cm³/mol. The van der Waals surface area contributed by atoms with Gasteiger partial charge in [0.25, 0.3) is 0 Å². The van der Waals surface area contributed by atoms with Gasteiger partial charge in [0.05, 0.1) is 6.04 Å². The first-order valence-corrected chi connectivity index (χ1v) is 7.25. The van der Waals surface area contributed by atoms with Gasteiger partial charge in [-0.25, -0.2) is 0 Å². The first-order chi connectivity index (χ1) is 9.47. The molecule has 2 heterocycles. The number of carbonyl (C=O) groups is 1. The van der Waals surface area contributed by atoms with Gasteiger partial charge < -0.3 is 10.2 Å². The molecule has 1 saturated carbocycles. The van der Waals surface area contributed by atoms with Gasteiger partial charge in [0.1, 0.15) is 0 Å². The maximum atomic E-state index is 12.6. The quantitative estimate of drug-likeness (QED) is 0.749. The Balaban J connectivity index is 1.64. The summed E-state index contributed by atoms with van der Waals surface area (Å²) in [5.41, 5.74) is -0.500. The highest BCUT2D eigenvalue weighted by molar-refractivity contribution is 5.83. The number of hydrogen-bond acceptors (Lipinski definition) is 2. The molecule has 20 heavy (non-hydrogen) atoms. The minimum absolute atomic E-state index is 0.0168. The molecule has 0 aromatic carbocycles. The molecule has 1 N–H and O–H groups in total. The molecule has 0 aromatic heterocycles. The zero-order chi connectivity index (χ0) is 14.3. The molecule has 112 valence electrons. The second-order valence-corrected chi connectivity index (χ2v) is 6.00. The van der Waals surface area contributed by atoms with E-state index in [9.17, 15) is 18.0 Å². The average Bonchev–Trinajstić information content (AvgIpc) is 2.99. The van der Waals surface area contributed by atoms with Gasteiger partial charge in [-0.15, -0.1) is 0 Å². The van der Waals surface area contributed by atoms with Crippen molar-refractivity contribution in [3.8, 4) is 0 Å². The van der Waals surface area contributed by atoms with E-state index in [1.54, 1.807) is 4.90 Å². The fourth-order valence-corrected chi connectivity index (χ4v) is 3.78. The second kappa shape index (κ2) is 5.06. The van der Waals surface area contributed by atoms with Crippen LogP contribution in [0, 0.1) is 11.8 Å². The summed E-state index contributed by atoms with van der Waals surface area (Å²) >= 11 is 0. The smallest absolute Gasteiger partial charge is 0.337 e. The number of nitrogens with one attached hydrogen (secondary N) is 1. The first-order valence-electron chi connectivity index (χ1n) is 7.25. The van der Waals surface area contributed by atoms with E-state index in [2.05, 4.69) is 5.32 Å². The monoisotopic (exact) mass is 288 g/mol. The SMILES string of the molecule is O=C(C1NCC2CCCC21)N1CC=C(C(F)(F)F)CC1. The number of alkyl halides is 3. The molecule has 1 amide bonds. The second-order valence-electron chi connectivity index (χ2n) is 6.00. The van der Waals surface area contributed by atoms with Crippen molar-refractivity contribution in [2.45, 2.75) is 37.9 Å². The molecular formula is C14H19F3N2O. The van der Waals surface area contributed by atoms with E-state index in [0.717, 1.165) is 19.0 Å². The van der Waals surface area contributed by atoms with Crippen molar-refractivity contribution in [1.82, 2.24) is 10.2 Å². The van der Waals surface area contributed by atoms with Crippen molar-refractivity contribution in [3.63, 3.8) is 0 Å². The lowest BCUT2D eigenvalue weighted by molar-refractivity contribution is -0.135. The van der Waals surface area contributed by atoms with Gasteiger partial charge in [0.15, 0.2) is 0 Å². The number of carbonyl (C=O) groups excluding carboxylic acids is 1. The van der Waals surface area contributed by atoms with Gasteiger partial charge in [0.2, 0.25) is 5.91 Å². The van der Waals surface area contributed by atoms with Gasteiger partial charge in [-0.05, 0) is 37.6 Å². The molecule has 1 saturated heterocycles. The molecule has 0 spiro atoms. The van der Waals surface area contributed by atoms with Crippen molar-refractivity contribution in [2.75, 3.05) is 19.6 Å². The summed E-state index contributed by atoms with van der Waals surface area (Å²) in [6, 6.07) is -0.177. The fourth-order valence-electron chi connectivity index (χ4n) is 3.78. The third kappa shape index (κ3) is 2.45. The van der Waals surface area contributed by atoms with Crippen LogP contribution in [0.5, 0.6) is 0 Å². The first kappa shape index (κ1) is 13.9.